The van der Waals surface area contributed by atoms with Crippen LogP contribution in [0.25, 0.3) is 0 Å². The van der Waals surface area contributed by atoms with Crippen molar-refractivity contribution in [1.29, 1.82) is 0 Å². The fourth-order valence-corrected chi connectivity index (χ4v) is 5.46. The summed E-state index contributed by atoms with van der Waals surface area (Å²) in [5, 5.41) is 10.7. The lowest BCUT2D eigenvalue weighted by molar-refractivity contribution is -0.117. The molecule has 3 nitrogen and oxygen atoms in total. The third-order valence-corrected chi connectivity index (χ3v) is 7.71. The van der Waals surface area contributed by atoms with Crippen LogP contribution in [0.1, 0.15) is 79.6 Å². The van der Waals surface area contributed by atoms with Crippen LogP contribution < -0.4 is 0 Å². The summed E-state index contributed by atoms with van der Waals surface area (Å²) in [7, 11) is 0. The van der Waals surface area contributed by atoms with Gasteiger partial charge in [0.25, 0.3) is 0 Å². The number of rotatable bonds is 1. The minimum absolute atomic E-state index is 0.0884. The number of hydrogen-bond acceptors (Lipinski definition) is 3. The number of Topliss-reactive ketones (excluding diaryl/α,β-unsaturated/α-hetero) is 1. The Bertz CT molecular complexity index is 754. The summed E-state index contributed by atoms with van der Waals surface area (Å²) in [6.45, 7) is 10.5. The molecular weight excluding hydrogens is 336 g/mol. The normalized spacial score (nSPS) is 37.3. The SMILES string of the molecule is CC1CC=C2C3=C(CCC21C)C1(C)CCC(=O)C=C1[C@@H](O)C3.CCC(C)=O. The van der Waals surface area contributed by atoms with Crippen LogP contribution in [0.15, 0.2) is 34.4 Å². The molecule has 0 aromatic carbocycles. The van der Waals surface area contributed by atoms with Crippen LogP contribution in [0, 0.1) is 16.7 Å². The van der Waals surface area contributed by atoms with Gasteiger partial charge in [-0.15, -0.1) is 0 Å². The fraction of sp³-hybridized carbons (Fsp3) is 0.667. The Morgan fingerprint density at radius 3 is 2.56 bits per heavy atom. The van der Waals surface area contributed by atoms with Crippen molar-refractivity contribution >= 4 is 11.6 Å². The highest BCUT2D eigenvalue weighted by Crippen LogP contribution is 2.61. The second-order valence-electron chi connectivity index (χ2n) is 9.30. The quantitative estimate of drug-likeness (QED) is 0.699. The Balaban J connectivity index is 0.000000376. The second-order valence-corrected chi connectivity index (χ2v) is 9.30. The zero-order valence-corrected chi connectivity index (χ0v) is 17.5. The minimum Gasteiger partial charge on any atom is -0.388 e. The van der Waals surface area contributed by atoms with E-state index in [9.17, 15) is 14.7 Å². The predicted molar refractivity (Wildman–Crippen MR) is 108 cm³/mol. The fourth-order valence-electron chi connectivity index (χ4n) is 5.46. The van der Waals surface area contributed by atoms with Gasteiger partial charge in [-0.3, -0.25) is 4.79 Å². The van der Waals surface area contributed by atoms with Crippen molar-refractivity contribution in [3.05, 3.63) is 34.4 Å². The summed E-state index contributed by atoms with van der Waals surface area (Å²) in [5.41, 5.74) is 5.65. The van der Waals surface area contributed by atoms with E-state index in [1.807, 2.05) is 6.92 Å². The maximum Gasteiger partial charge on any atom is 0.155 e. The molecule has 4 aliphatic rings. The Kier molecular flexibility index (Phi) is 5.37. The van der Waals surface area contributed by atoms with Gasteiger partial charge >= 0.3 is 0 Å². The van der Waals surface area contributed by atoms with Gasteiger partial charge in [-0.2, -0.15) is 0 Å². The van der Waals surface area contributed by atoms with Gasteiger partial charge < -0.3 is 9.90 Å². The highest BCUT2D eigenvalue weighted by Gasteiger charge is 2.51. The average Bonchev–Trinajstić information content (AvgIpc) is 2.92. The highest BCUT2D eigenvalue weighted by atomic mass is 16.3. The minimum atomic E-state index is -0.479. The number of aliphatic hydroxyl groups is 1. The molecule has 3 unspecified atom stereocenters. The first-order valence-electron chi connectivity index (χ1n) is 10.5. The zero-order chi connectivity index (χ0) is 20.0. The highest BCUT2D eigenvalue weighted by molar-refractivity contribution is 5.92. The third-order valence-electron chi connectivity index (χ3n) is 7.71. The van der Waals surface area contributed by atoms with Gasteiger partial charge in [-0.1, -0.05) is 39.3 Å². The van der Waals surface area contributed by atoms with Crippen LogP contribution in [0.5, 0.6) is 0 Å². The number of ketones is 2. The van der Waals surface area contributed by atoms with E-state index in [1.165, 1.54) is 23.1 Å². The largest absolute Gasteiger partial charge is 0.388 e. The van der Waals surface area contributed by atoms with Crippen molar-refractivity contribution in [1.82, 2.24) is 0 Å². The molecule has 0 heterocycles. The summed E-state index contributed by atoms with van der Waals surface area (Å²) >= 11 is 0. The first-order chi connectivity index (χ1) is 12.6. The predicted octanol–water partition coefficient (Wildman–Crippen LogP) is 5.09. The van der Waals surface area contributed by atoms with Gasteiger partial charge in [0.2, 0.25) is 0 Å². The topological polar surface area (TPSA) is 54.4 Å². The molecule has 4 rings (SSSR count). The van der Waals surface area contributed by atoms with Gasteiger partial charge in [-0.25, -0.2) is 0 Å². The molecule has 0 saturated heterocycles. The summed E-state index contributed by atoms with van der Waals surface area (Å²) in [5.74, 6) is 1.14. The van der Waals surface area contributed by atoms with Gasteiger partial charge in [0.05, 0.1) is 6.10 Å². The Morgan fingerprint density at radius 2 is 1.93 bits per heavy atom. The third kappa shape index (κ3) is 3.29. The number of aliphatic hydroxyl groups excluding tert-OH is 1. The van der Waals surface area contributed by atoms with Crippen molar-refractivity contribution in [3.8, 4) is 0 Å². The maximum absolute atomic E-state index is 11.8. The van der Waals surface area contributed by atoms with Crippen LogP contribution in [-0.2, 0) is 9.59 Å². The lowest BCUT2D eigenvalue weighted by Crippen LogP contribution is -2.42. The molecule has 0 radical (unpaired) electrons. The van der Waals surface area contributed by atoms with E-state index >= 15 is 0 Å². The van der Waals surface area contributed by atoms with Crippen LogP contribution in [0.3, 0.4) is 0 Å². The Hall–Kier alpha value is -1.48. The summed E-state index contributed by atoms with van der Waals surface area (Å²) in [6.07, 6.45) is 10.1. The smallest absolute Gasteiger partial charge is 0.155 e. The van der Waals surface area contributed by atoms with E-state index in [1.54, 1.807) is 13.0 Å². The van der Waals surface area contributed by atoms with Crippen molar-refractivity contribution in [3.63, 3.8) is 0 Å². The maximum atomic E-state index is 11.8. The van der Waals surface area contributed by atoms with E-state index in [0.29, 0.717) is 30.6 Å². The van der Waals surface area contributed by atoms with Gasteiger partial charge in [-0.05, 0) is 66.7 Å². The number of hydrogen-bond donors (Lipinski definition) is 1. The summed E-state index contributed by atoms with van der Waals surface area (Å²) in [4.78, 5) is 21.6. The van der Waals surface area contributed by atoms with Crippen LogP contribution in [-0.4, -0.2) is 22.8 Å². The first-order valence-corrected chi connectivity index (χ1v) is 10.5. The van der Waals surface area contributed by atoms with Crippen LogP contribution >= 0.6 is 0 Å². The number of fused-ring (bicyclic) bond motifs is 4. The molecule has 0 aromatic rings. The molecule has 0 spiro atoms. The standard InChI is InChI=1S/C20H26O2.C4H8O/c1-12-4-5-15-14-11-18(22)17-10-13(21)6-8-20(17,3)16(14)7-9-19(12,15)2;1-3-4(2)5/h5,10,12,18,22H,4,6-9,11H2,1-3H3;3H2,1-2H3/t12?,18-,19?,20?;/m0./s1. The zero-order valence-electron chi connectivity index (χ0n) is 17.5. The summed E-state index contributed by atoms with van der Waals surface area (Å²) < 4.78 is 0. The molecule has 4 aliphatic carbocycles. The lowest BCUT2D eigenvalue weighted by atomic mass is 9.54. The number of carbonyl (C=O) groups excluding carboxylic acids is 2. The van der Waals surface area contributed by atoms with E-state index in [4.69, 9.17) is 0 Å². The summed E-state index contributed by atoms with van der Waals surface area (Å²) in [6, 6.07) is 0. The molecule has 0 bridgehead atoms. The molecule has 1 N–H and O–H groups in total. The molecule has 4 atom stereocenters. The van der Waals surface area contributed by atoms with E-state index < -0.39 is 6.10 Å². The Labute approximate surface area is 163 Å². The number of allylic oxidation sites excluding steroid dienone is 4. The second kappa shape index (κ2) is 7.16. The van der Waals surface area contributed by atoms with Gasteiger partial charge in [0, 0.05) is 24.7 Å². The molecule has 148 valence electrons. The molecule has 0 aliphatic heterocycles. The van der Waals surface area contributed by atoms with E-state index in [-0.39, 0.29) is 17.0 Å². The molecule has 0 amide bonds. The van der Waals surface area contributed by atoms with Gasteiger partial charge in [0.1, 0.15) is 5.78 Å². The average molecular weight is 371 g/mol. The van der Waals surface area contributed by atoms with Crippen LogP contribution in [0.4, 0.5) is 0 Å². The van der Waals surface area contributed by atoms with Crippen molar-refractivity contribution in [2.24, 2.45) is 16.7 Å². The van der Waals surface area contributed by atoms with Crippen LogP contribution in [0.2, 0.25) is 0 Å². The molecule has 0 saturated carbocycles. The first kappa shape index (κ1) is 20.3. The monoisotopic (exact) mass is 370 g/mol. The molecule has 0 fully saturated rings. The molecule has 3 heteroatoms. The molecule has 27 heavy (non-hydrogen) atoms. The molecular formula is C24H34O3. The molecule has 0 aromatic heterocycles. The van der Waals surface area contributed by atoms with Gasteiger partial charge in [0.15, 0.2) is 5.78 Å². The van der Waals surface area contributed by atoms with Crippen molar-refractivity contribution < 1.29 is 14.7 Å². The van der Waals surface area contributed by atoms with E-state index in [2.05, 4.69) is 26.8 Å². The van der Waals surface area contributed by atoms with Crippen molar-refractivity contribution in [2.75, 3.05) is 0 Å². The van der Waals surface area contributed by atoms with E-state index in [0.717, 1.165) is 24.8 Å². The lowest BCUT2D eigenvalue weighted by Gasteiger charge is -2.50. The van der Waals surface area contributed by atoms with Crippen molar-refractivity contribution in [2.45, 2.75) is 85.7 Å². The number of carbonyl (C=O) groups is 2. The Morgan fingerprint density at radius 1 is 1.26 bits per heavy atom.